The highest BCUT2D eigenvalue weighted by atomic mass is 16.5. The normalized spacial score (nSPS) is 12.5. The smallest absolute Gasteiger partial charge is 0.137 e. The quantitative estimate of drug-likeness (QED) is 0.167. The number of aryl methyl sites for hydroxylation is 1. The Hall–Kier alpha value is -5.16. The molecule has 0 bridgehead atoms. The molecule has 3 aromatic heterocycles. The summed E-state index contributed by atoms with van der Waals surface area (Å²) >= 11 is 0. The third-order valence-corrected chi connectivity index (χ3v) is 10.1. The number of nitrogens with zero attached hydrogens (tertiary/aromatic N) is 4. The van der Waals surface area contributed by atoms with Crippen molar-refractivity contribution in [3.05, 3.63) is 131 Å². The topological polar surface area (TPSA) is 44.9 Å². The summed E-state index contributed by atoms with van der Waals surface area (Å²) in [5.74, 6) is 3.12. The number of aromatic nitrogens is 4. The minimum atomic E-state index is -0.000540. The maximum Gasteiger partial charge on any atom is 0.137 e. The molecule has 5 heteroatoms. The fraction of sp³-hybridized carbons (Fsp3) is 0.319. The maximum absolute atomic E-state index is 6.58. The summed E-state index contributed by atoms with van der Waals surface area (Å²) in [7, 11) is 0. The number of para-hydroxylation sites is 1. The Labute approximate surface area is 309 Å². The van der Waals surface area contributed by atoms with Crippen molar-refractivity contribution in [3.63, 3.8) is 0 Å². The first-order valence-electron chi connectivity index (χ1n) is 18.6. The van der Waals surface area contributed by atoms with Crippen molar-refractivity contribution in [3.8, 4) is 34.1 Å². The van der Waals surface area contributed by atoms with Crippen LogP contribution in [-0.4, -0.2) is 19.3 Å². The molecule has 0 aliphatic heterocycles. The van der Waals surface area contributed by atoms with Crippen molar-refractivity contribution in [1.29, 1.82) is 0 Å². The molecule has 0 N–H and O–H groups in total. The molecule has 0 unspecified atom stereocenters. The molecule has 0 amide bonds. The van der Waals surface area contributed by atoms with E-state index in [4.69, 9.17) is 14.8 Å². The van der Waals surface area contributed by atoms with E-state index in [1.165, 1.54) is 38.8 Å². The van der Waals surface area contributed by atoms with Crippen LogP contribution < -0.4 is 4.74 Å². The Kier molecular flexibility index (Phi) is 8.89. The second-order valence-electron chi connectivity index (χ2n) is 17.0. The molecule has 0 atom stereocenters. The van der Waals surface area contributed by atoms with Gasteiger partial charge in [-0.15, -0.1) is 0 Å². The molecule has 0 saturated heterocycles. The van der Waals surface area contributed by atoms with Gasteiger partial charge in [0.05, 0.1) is 22.9 Å². The van der Waals surface area contributed by atoms with Gasteiger partial charge in [-0.3, -0.25) is 4.57 Å². The number of pyridine rings is 1. The predicted molar refractivity (Wildman–Crippen MR) is 218 cm³/mol. The molecular weight excluding hydrogens is 637 g/mol. The number of fused-ring (bicyclic) bond motifs is 3. The molecule has 0 saturated carbocycles. The summed E-state index contributed by atoms with van der Waals surface area (Å²) in [6, 6.07) is 29.7. The SMILES string of the molecule is Cc1ccnc(-n2c3ccccc3c3ccc(Oc4cccc(-n5cc(-c6c(C(C)C)c(C(C)(C)C)cc(C(C)(C)C)c6C(C)C)cn5)c4)cc32)c1. The van der Waals surface area contributed by atoms with E-state index in [-0.39, 0.29) is 10.8 Å². The van der Waals surface area contributed by atoms with Crippen LogP contribution in [0.5, 0.6) is 11.5 Å². The van der Waals surface area contributed by atoms with Crippen molar-refractivity contribution >= 4 is 21.8 Å². The highest BCUT2D eigenvalue weighted by molar-refractivity contribution is 6.09. The van der Waals surface area contributed by atoms with Crippen molar-refractivity contribution in [2.75, 3.05) is 0 Å². The van der Waals surface area contributed by atoms with Crippen molar-refractivity contribution in [2.45, 2.75) is 98.8 Å². The Morgan fingerprint density at radius 2 is 1.31 bits per heavy atom. The molecule has 266 valence electrons. The van der Waals surface area contributed by atoms with Gasteiger partial charge in [0.2, 0.25) is 0 Å². The highest BCUT2D eigenvalue weighted by Gasteiger charge is 2.32. The molecule has 0 fully saturated rings. The van der Waals surface area contributed by atoms with Crippen molar-refractivity contribution < 1.29 is 4.74 Å². The zero-order valence-corrected chi connectivity index (χ0v) is 32.7. The third kappa shape index (κ3) is 6.42. The van der Waals surface area contributed by atoms with E-state index in [9.17, 15) is 0 Å². The van der Waals surface area contributed by atoms with Crippen LogP contribution in [0.1, 0.15) is 109 Å². The lowest BCUT2D eigenvalue weighted by molar-refractivity contribution is 0.483. The van der Waals surface area contributed by atoms with Gasteiger partial charge in [0.15, 0.2) is 0 Å². The van der Waals surface area contributed by atoms with E-state index in [1.54, 1.807) is 0 Å². The third-order valence-electron chi connectivity index (χ3n) is 10.1. The minimum absolute atomic E-state index is 0.000540. The summed E-state index contributed by atoms with van der Waals surface area (Å²) < 4.78 is 10.8. The summed E-state index contributed by atoms with van der Waals surface area (Å²) in [5, 5.41) is 7.31. The average Bonchev–Trinajstić information content (AvgIpc) is 3.70. The molecule has 5 nitrogen and oxygen atoms in total. The summed E-state index contributed by atoms with van der Waals surface area (Å²) in [4.78, 5) is 4.74. The van der Waals surface area contributed by atoms with Crippen LogP contribution in [0.15, 0.2) is 104 Å². The summed E-state index contributed by atoms with van der Waals surface area (Å²) in [5.41, 5.74) is 12.5. The van der Waals surface area contributed by atoms with Gasteiger partial charge in [-0.05, 0) is 105 Å². The van der Waals surface area contributed by atoms with E-state index >= 15 is 0 Å². The summed E-state index contributed by atoms with van der Waals surface area (Å²) in [6.45, 7) is 25.4. The lowest BCUT2D eigenvalue weighted by Crippen LogP contribution is -2.23. The zero-order chi connectivity index (χ0) is 37.1. The second kappa shape index (κ2) is 13.1. The molecule has 0 radical (unpaired) electrons. The number of ether oxygens (including phenoxy) is 1. The van der Waals surface area contributed by atoms with Gasteiger partial charge in [-0.1, -0.05) is 99.6 Å². The van der Waals surface area contributed by atoms with Gasteiger partial charge in [0.1, 0.15) is 17.3 Å². The van der Waals surface area contributed by atoms with Gasteiger partial charge in [0, 0.05) is 40.9 Å². The van der Waals surface area contributed by atoms with E-state index in [1.807, 2.05) is 35.3 Å². The number of rotatable bonds is 7. The fourth-order valence-electron chi connectivity index (χ4n) is 7.79. The Balaban J connectivity index is 1.30. The van der Waals surface area contributed by atoms with E-state index in [0.29, 0.717) is 11.8 Å². The van der Waals surface area contributed by atoms with Crippen LogP contribution in [0.3, 0.4) is 0 Å². The molecule has 0 aliphatic rings. The summed E-state index contributed by atoms with van der Waals surface area (Å²) in [6.07, 6.45) is 6.12. The van der Waals surface area contributed by atoms with Gasteiger partial charge in [0.25, 0.3) is 0 Å². The van der Waals surface area contributed by atoms with Crippen molar-refractivity contribution in [1.82, 2.24) is 19.3 Å². The monoisotopic (exact) mass is 688 g/mol. The predicted octanol–water partition coefficient (Wildman–Crippen LogP) is 13.0. The van der Waals surface area contributed by atoms with Gasteiger partial charge < -0.3 is 4.74 Å². The van der Waals surface area contributed by atoms with E-state index < -0.39 is 0 Å². The van der Waals surface area contributed by atoms with Crippen LogP contribution in [0.4, 0.5) is 0 Å². The van der Waals surface area contributed by atoms with Crippen molar-refractivity contribution in [2.24, 2.45) is 0 Å². The molecule has 7 aromatic rings. The first kappa shape index (κ1) is 35.3. The van der Waals surface area contributed by atoms with Crippen LogP contribution in [0.25, 0.3) is 44.4 Å². The van der Waals surface area contributed by atoms with Crippen LogP contribution in [0, 0.1) is 6.92 Å². The second-order valence-corrected chi connectivity index (χ2v) is 17.0. The molecule has 4 aromatic carbocycles. The van der Waals surface area contributed by atoms with Crippen LogP contribution in [-0.2, 0) is 10.8 Å². The number of hydrogen-bond donors (Lipinski definition) is 0. The first-order valence-corrected chi connectivity index (χ1v) is 18.6. The van der Waals surface area contributed by atoms with Gasteiger partial charge in [-0.25, -0.2) is 9.67 Å². The average molecular weight is 689 g/mol. The maximum atomic E-state index is 6.58. The molecule has 7 rings (SSSR count). The number of benzene rings is 4. The Morgan fingerprint density at radius 3 is 1.96 bits per heavy atom. The zero-order valence-electron chi connectivity index (χ0n) is 32.7. The highest BCUT2D eigenvalue weighted by Crippen LogP contribution is 2.47. The molecule has 0 spiro atoms. The molecular formula is C47H52N4O. The largest absolute Gasteiger partial charge is 0.457 e. The van der Waals surface area contributed by atoms with Gasteiger partial charge >= 0.3 is 0 Å². The lowest BCUT2D eigenvalue weighted by atomic mass is 9.69. The molecule has 0 aliphatic carbocycles. The Bertz CT molecular complexity index is 2380. The number of hydrogen-bond acceptors (Lipinski definition) is 3. The fourth-order valence-corrected chi connectivity index (χ4v) is 7.79. The lowest BCUT2D eigenvalue weighted by Gasteiger charge is -2.35. The van der Waals surface area contributed by atoms with Crippen LogP contribution >= 0.6 is 0 Å². The first-order chi connectivity index (χ1) is 24.6. The standard InChI is InChI=1S/C47H52N4O/c1-29(2)43-38(46(6,7)8)26-39(47(9,10)11)44(30(3)4)45(43)32-27-49-50(28-32)33-15-14-16-34(24-33)52-35-19-20-37-36-17-12-13-18-40(36)51(41(37)25-35)42-23-31(5)21-22-48-42/h12-30H,1-11H3. The van der Waals surface area contributed by atoms with Crippen LogP contribution in [0.2, 0.25) is 0 Å². The molecule has 3 heterocycles. The van der Waals surface area contributed by atoms with E-state index in [0.717, 1.165) is 45.0 Å². The van der Waals surface area contributed by atoms with Gasteiger partial charge in [-0.2, -0.15) is 5.10 Å². The minimum Gasteiger partial charge on any atom is -0.457 e. The van der Waals surface area contributed by atoms with E-state index in [2.05, 4.69) is 154 Å². The molecule has 52 heavy (non-hydrogen) atoms. The Morgan fingerprint density at radius 1 is 0.654 bits per heavy atom.